The topological polar surface area (TPSA) is 88.3 Å². The molecular weight excluding hydrogens is 226 g/mol. The first-order valence-corrected chi connectivity index (χ1v) is 5.17. The van der Waals surface area contributed by atoms with Crippen molar-refractivity contribution in [1.29, 1.82) is 5.39 Å². The van der Waals surface area contributed by atoms with Gasteiger partial charge in [-0.05, 0) is 17.7 Å². The van der Waals surface area contributed by atoms with Gasteiger partial charge in [0, 0.05) is 12.1 Å². The Morgan fingerprint density at radius 2 is 1.79 bits per heavy atom. The van der Waals surface area contributed by atoms with E-state index in [4.69, 9.17) is 10.5 Å². The van der Waals surface area contributed by atoms with Crippen LogP contribution >= 0.6 is 0 Å². The van der Waals surface area contributed by atoms with E-state index < -0.39 is 10.0 Å². The number of sulfonamides is 1. The Balaban J connectivity index is 0.00000169. The molecule has 5 nitrogen and oxygen atoms in total. The Labute approximate surface area is 88.0 Å². The standard InChI is InChI=1S/C7H8N3O2S.ClH/c8-10-7-3-1-6(2-4-7)5-13(9,11)12;/h1-4H,5H2,(H2,9,11,12);1H/q+1;/p-1. The third-order valence-electron chi connectivity index (χ3n) is 1.42. The van der Waals surface area contributed by atoms with Crippen LogP contribution in [0.25, 0.3) is 4.98 Å². The van der Waals surface area contributed by atoms with Gasteiger partial charge in [-0.15, -0.1) is 0 Å². The lowest BCUT2D eigenvalue weighted by Gasteiger charge is -1.95. The largest absolute Gasteiger partial charge is 1.00 e. The molecule has 0 radical (unpaired) electrons. The number of primary sulfonamides is 1. The molecule has 0 bridgehead atoms. The Bertz CT molecular complexity index is 435. The van der Waals surface area contributed by atoms with Crippen molar-refractivity contribution >= 4 is 15.7 Å². The van der Waals surface area contributed by atoms with Gasteiger partial charge in [-0.3, -0.25) is 0 Å². The highest BCUT2D eigenvalue weighted by atomic mass is 35.5. The molecule has 0 spiro atoms. The monoisotopic (exact) mass is 233 g/mol. The number of halogens is 1. The number of hydrogen-bond acceptors (Lipinski definition) is 3. The molecule has 1 rings (SSSR count). The summed E-state index contributed by atoms with van der Waals surface area (Å²) in [6.07, 6.45) is 0. The fourth-order valence-corrected chi connectivity index (χ4v) is 1.55. The molecule has 0 aliphatic carbocycles. The smallest absolute Gasteiger partial charge is 0.385 e. The molecule has 0 fully saturated rings. The maximum atomic E-state index is 10.7. The van der Waals surface area contributed by atoms with E-state index in [2.05, 4.69) is 4.98 Å². The second-order valence-corrected chi connectivity index (χ2v) is 4.19. The molecule has 14 heavy (non-hydrogen) atoms. The molecule has 0 aliphatic heterocycles. The predicted octanol–water partition coefficient (Wildman–Crippen LogP) is -2.04. The van der Waals surface area contributed by atoms with Crippen LogP contribution in [0.2, 0.25) is 0 Å². The second kappa shape index (κ2) is 4.91. The molecule has 7 heteroatoms. The molecule has 0 amide bonds. The third kappa shape index (κ3) is 4.18. The lowest BCUT2D eigenvalue weighted by Crippen LogP contribution is -3.00. The lowest BCUT2D eigenvalue weighted by atomic mass is 10.2. The minimum Gasteiger partial charge on any atom is -1.00 e. The van der Waals surface area contributed by atoms with E-state index in [1.165, 1.54) is 12.1 Å². The Kier molecular flexibility index (Phi) is 4.50. The number of nitrogens with two attached hydrogens (primary N) is 1. The van der Waals surface area contributed by atoms with Gasteiger partial charge >= 0.3 is 5.69 Å². The van der Waals surface area contributed by atoms with E-state index in [1.54, 1.807) is 12.1 Å². The van der Waals surface area contributed by atoms with Crippen LogP contribution in [0.15, 0.2) is 24.3 Å². The maximum absolute atomic E-state index is 10.7. The van der Waals surface area contributed by atoms with Gasteiger partial charge in [0.25, 0.3) is 0 Å². The predicted molar refractivity (Wildman–Crippen MR) is 48.0 cm³/mol. The van der Waals surface area contributed by atoms with Crippen LogP contribution < -0.4 is 17.5 Å². The van der Waals surface area contributed by atoms with Gasteiger partial charge in [0.15, 0.2) is 4.98 Å². The number of benzene rings is 1. The lowest BCUT2D eigenvalue weighted by molar-refractivity contribution is -0.00000565. The van der Waals surface area contributed by atoms with E-state index in [0.717, 1.165) is 0 Å². The molecule has 0 atom stereocenters. The maximum Gasteiger partial charge on any atom is 0.385 e. The molecule has 0 aliphatic rings. The number of hydrogen-bond donors (Lipinski definition) is 1. The highest BCUT2D eigenvalue weighted by Gasteiger charge is 2.07. The summed E-state index contributed by atoms with van der Waals surface area (Å²) in [5.41, 5.74) is 0.938. The van der Waals surface area contributed by atoms with Crippen molar-refractivity contribution in [3.63, 3.8) is 0 Å². The van der Waals surface area contributed by atoms with E-state index in [1.807, 2.05) is 0 Å². The summed E-state index contributed by atoms with van der Waals surface area (Å²) in [6, 6.07) is 6.08. The molecular formula is C7H8ClN3O2S. The molecule has 0 unspecified atom stereocenters. The first-order valence-electron chi connectivity index (χ1n) is 3.46. The zero-order chi connectivity index (χ0) is 9.90. The fourth-order valence-electron chi connectivity index (χ4n) is 0.891. The van der Waals surface area contributed by atoms with E-state index in [-0.39, 0.29) is 18.2 Å². The van der Waals surface area contributed by atoms with Crippen LogP contribution in [0.4, 0.5) is 5.69 Å². The minimum atomic E-state index is -3.49. The van der Waals surface area contributed by atoms with Gasteiger partial charge in [-0.2, -0.15) is 0 Å². The van der Waals surface area contributed by atoms with Crippen molar-refractivity contribution in [1.82, 2.24) is 0 Å². The van der Waals surface area contributed by atoms with E-state index in [9.17, 15) is 8.42 Å². The van der Waals surface area contributed by atoms with Crippen molar-refractivity contribution < 1.29 is 20.8 Å². The van der Waals surface area contributed by atoms with Crippen LogP contribution in [-0.2, 0) is 15.8 Å². The Morgan fingerprint density at radius 3 is 2.14 bits per heavy atom. The molecule has 0 aromatic heterocycles. The summed E-state index contributed by atoms with van der Waals surface area (Å²) in [5.74, 6) is -0.210. The summed E-state index contributed by atoms with van der Waals surface area (Å²) in [6.45, 7) is 0. The van der Waals surface area contributed by atoms with Gasteiger partial charge in [0.2, 0.25) is 15.4 Å². The molecule has 0 saturated carbocycles. The van der Waals surface area contributed by atoms with Crippen LogP contribution in [0, 0.1) is 5.39 Å². The Morgan fingerprint density at radius 1 is 1.29 bits per heavy atom. The fraction of sp³-hybridized carbons (Fsp3) is 0.143. The summed E-state index contributed by atoms with van der Waals surface area (Å²) in [4.78, 5) is 2.93. The average Bonchev–Trinajstić information content (AvgIpc) is 2.03. The van der Waals surface area contributed by atoms with E-state index in [0.29, 0.717) is 11.3 Å². The third-order valence-corrected chi connectivity index (χ3v) is 2.16. The van der Waals surface area contributed by atoms with Crippen LogP contribution in [-0.4, -0.2) is 8.42 Å². The zero-order valence-corrected chi connectivity index (χ0v) is 8.66. The highest BCUT2D eigenvalue weighted by Crippen LogP contribution is 2.13. The zero-order valence-electron chi connectivity index (χ0n) is 7.09. The summed E-state index contributed by atoms with van der Waals surface area (Å²) < 4.78 is 21.3. The van der Waals surface area contributed by atoms with Gasteiger partial charge < -0.3 is 12.4 Å². The minimum absolute atomic E-state index is 0. The molecule has 0 saturated heterocycles. The second-order valence-electron chi connectivity index (χ2n) is 2.57. The first-order chi connectivity index (χ1) is 6.01. The number of diazo groups is 1. The average molecular weight is 234 g/mol. The molecule has 2 N–H and O–H groups in total. The summed E-state index contributed by atoms with van der Waals surface area (Å²) >= 11 is 0. The van der Waals surface area contributed by atoms with Gasteiger partial charge in [-0.25, -0.2) is 13.6 Å². The quantitative estimate of drug-likeness (QED) is 0.597. The molecule has 1 aromatic rings. The normalized spacial score (nSPS) is 10.0. The van der Waals surface area contributed by atoms with Crippen molar-refractivity contribution in [2.75, 3.05) is 0 Å². The van der Waals surface area contributed by atoms with Gasteiger partial charge in [0.05, 0.1) is 5.75 Å². The van der Waals surface area contributed by atoms with Gasteiger partial charge in [-0.1, -0.05) is 0 Å². The van der Waals surface area contributed by atoms with Crippen molar-refractivity contribution in [2.45, 2.75) is 5.75 Å². The first kappa shape index (κ1) is 12.8. The summed E-state index contributed by atoms with van der Waals surface area (Å²) in [7, 11) is -3.49. The molecule has 1 aromatic carbocycles. The van der Waals surface area contributed by atoms with Crippen molar-refractivity contribution in [3.8, 4) is 0 Å². The van der Waals surface area contributed by atoms with Gasteiger partial charge in [0.1, 0.15) is 0 Å². The Hall–Kier alpha value is -1.16. The van der Waals surface area contributed by atoms with Crippen LogP contribution in [0.3, 0.4) is 0 Å². The summed E-state index contributed by atoms with van der Waals surface area (Å²) in [5, 5.41) is 13.2. The molecule has 76 valence electrons. The highest BCUT2D eigenvalue weighted by molar-refractivity contribution is 7.88. The van der Waals surface area contributed by atoms with Crippen molar-refractivity contribution in [2.24, 2.45) is 5.14 Å². The van der Waals surface area contributed by atoms with Crippen LogP contribution in [0.1, 0.15) is 5.56 Å². The van der Waals surface area contributed by atoms with Crippen molar-refractivity contribution in [3.05, 3.63) is 34.8 Å². The number of nitrogens with zero attached hydrogens (tertiary/aromatic N) is 2. The SMILES string of the molecule is N#[N+]c1ccc(CS(N)(=O)=O)cc1.[Cl-]. The molecule has 0 heterocycles. The van der Waals surface area contributed by atoms with E-state index >= 15 is 0 Å². The number of rotatable bonds is 2. The van der Waals surface area contributed by atoms with Crippen LogP contribution in [0.5, 0.6) is 0 Å².